The Morgan fingerprint density at radius 3 is 2.85 bits per heavy atom. The number of benzene rings is 1. The van der Waals surface area contributed by atoms with Crippen LogP contribution >= 0.6 is 11.3 Å². The highest BCUT2D eigenvalue weighted by atomic mass is 32.2. The molecule has 2 aromatic rings. The zero-order chi connectivity index (χ0) is 18.9. The number of carbonyl (C=O) groups excluding carboxylic acids is 1. The van der Waals surface area contributed by atoms with E-state index in [-0.39, 0.29) is 5.91 Å². The average molecular weight is 407 g/mol. The summed E-state index contributed by atoms with van der Waals surface area (Å²) in [6.45, 7) is 3.30. The Morgan fingerprint density at radius 2 is 2.04 bits per heavy atom. The fraction of sp³-hybridized carbons (Fsp3) is 0.444. The maximum Gasteiger partial charge on any atom is 0.243 e. The van der Waals surface area contributed by atoms with E-state index in [0.29, 0.717) is 37.4 Å². The molecule has 2 aliphatic rings. The lowest BCUT2D eigenvalue weighted by atomic mass is 10.0. The number of aromatic nitrogens is 1. The van der Waals surface area contributed by atoms with Crippen molar-refractivity contribution in [2.45, 2.75) is 30.7 Å². The van der Waals surface area contributed by atoms with Gasteiger partial charge in [0.1, 0.15) is 0 Å². The minimum Gasteiger partial charge on any atom is -0.326 e. The van der Waals surface area contributed by atoms with E-state index in [9.17, 15) is 13.2 Å². The zero-order valence-corrected chi connectivity index (χ0v) is 16.6. The Hall–Kier alpha value is -1.81. The SMILES string of the molecule is O=C1CCc2cc(S(=O)(=O)N3CCCN(Cc4cscn4)CC3)ccc2N1. The quantitative estimate of drug-likeness (QED) is 0.839. The predicted molar refractivity (Wildman–Crippen MR) is 104 cm³/mol. The highest BCUT2D eigenvalue weighted by Gasteiger charge is 2.28. The number of thiazole rings is 1. The molecule has 7 nitrogen and oxygen atoms in total. The van der Waals surface area contributed by atoms with E-state index < -0.39 is 10.0 Å². The number of carbonyl (C=O) groups is 1. The maximum atomic E-state index is 13.1. The van der Waals surface area contributed by atoms with Crippen molar-refractivity contribution in [1.82, 2.24) is 14.2 Å². The first kappa shape index (κ1) is 18.5. The third-order valence-electron chi connectivity index (χ3n) is 5.03. The normalized spacial score (nSPS) is 19.3. The van der Waals surface area contributed by atoms with Crippen LogP contribution in [0, 0.1) is 0 Å². The minimum absolute atomic E-state index is 0.0224. The first-order chi connectivity index (χ1) is 13.0. The standard InChI is InChI=1S/C18H22N4O3S2/c23-18-5-2-14-10-16(3-4-17(14)20-18)27(24,25)22-7-1-6-21(8-9-22)11-15-12-26-13-19-15/h3-4,10,12-13H,1-2,5-9,11H2,(H,20,23). The number of hydrogen-bond acceptors (Lipinski definition) is 6. The fourth-order valence-electron chi connectivity index (χ4n) is 3.56. The van der Waals surface area contributed by atoms with Gasteiger partial charge in [0.15, 0.2) is 0 Å². The molecule has 0 atom stereocenters. The summed E-state index contributed by atoms with van der Waals surface area (Å²) in [7, 11) is -3.54. The van der Waals surface area contributed by atoms with Gasteiger partial charge in [-0.2, -0.15) is 4.31 Å². The highest BCUT2D eigenvalue weighted by molar-refractivity contribution is 7.89. The molecule has 4 rings (SSSR count). The topological polar surface area (TPSA) is 82.6 Å². The Labute approximate surface area is 163 Å². The van der Waals surface area contributed by atoms with Gasteiger partial charge in [-0.3, -0.25) is 9.69 Å². The first-order valence-electron chi connectivity index (χ1n) is 9.05. The molecule has 2 aliphatic heterocycles. The van der Waals surface area contributed by atoms with Crippen molar-refractivity contribution in [2.24, 2.45) is 0 Å². The molecule has 27 heavy (non-hydrogen) atoms. The van der Waals surface area contributed by atoms with Crippen LogP contribution in [0.15, 0.2) is 34.0 Å². The van der Waals surface area contributed by atoms with E-state index in [1.807, 2.05) is 10.9 Å². The molecule has 9 heteroatoms. The second-order valence-electron chi connectivity index (χ2n) is 6.88. The molecular weight excluding hydrogens is 384 g/mol. The van der Waals surface area contributed by atoms with Crippen LogP contribution in [-0.4, -0.2) is 54.7 Å². The number of nitrogens with one attached hydrogen (secondary N) is 1. The maximum absolute atomic E-state index is 13.1. The van der Waals surface area contributed by atoms with Gasteiger partial charge in [-0.05, 0) is 43.1 Å². The van der Waals surface area contributed by atoms with E-state index in [1.54, 1.807) is 33.8 Å². The van der Waals surface area contributed by atoms with E-state index in [4.69, 9.17) is 0 Å². The van der Waals surface area contributed by atoms with Crippen LogP contribution in [0.1, 0.15) is 24.1 Å². The van der Waals surface area contributed by atoms with Crippen LogP contribution in [0.2, 0.25) is 0 Å². The number of hydrogen-bond donors (Lipinski definition) is 1. The van der Waals surface area contributed by atoms with Gasteiger partial charge in [0, 0.05) is 43.7 Å². The lowest BCUT2D eigenvalue weighted by molar-refractivity contribution is -0.116. The molecule has 0 radical (unpaired) electrons. The molecule has 1 N–H and O–H groups in total. The van der Waals surface area contributed by atoms with Crippen molar-refractivity contribution in [3.63, 3.8) is 0 Å². The summed E-state index contributed by atoms with van der Waals surface area (Å²) >= 11 is 1.58. The summed E-state index contributed by atoms with van der Waals surface area (Å²) in [6, 6.07) is 5.01. The van der Waals surface area contributed by atoms with E-state index >= 15 is 0 Å². The molecule has 0 spiro atoms. The number of anilines is 1. The van der Waals surface area contributed by atoms with Crippen molar-refractivity contribution in [2.75, 3.05) is 31.5 Å². The molecule has 144 valence electrons. The van der Waals surface area contributed by atoms with E-state index in [2.05, 4.69) is 15.2 Å². The van der Waals surface area contributed by atoms with Crippen LogP contribution < -0.4 is 5.32 Å². The molecule has 1 aromatic carbocycles. The lowest BCUT2D eigenvalue weighted by Gasteiger charge is -2.23. The summed E-state index contributed by atoms with van der Waals surface area (Å²) in [5, 5.41) is 4.83. The summed E-state index contributed by atoms with van der Waals surface area (Å²) in [5.74, 6) is -0.0224. The molecule has 0 aliphatic carbocycles. The van der Waals surface area contributed by atoms with E-state index in [1.165, 1.54) is 0 Å². The summed E-state index contributed by atoms with van der Waals surface area (Å²) in [4.78, 5) is 18.4. The number of nitrogens with zero attached hydrogens (tertiary/aromatic N) is 3. The third kappa shape index (κ3) is 4.06. The Kier molecular flexibility index (Phi) is 5.27. The molecule has 1 amide bonds. The summed E-state index contributed by atoms with van der Waals surface area (Å²) in [6.07, 6.45) is 1.77. The second kappa shape index (κ2) is 7.67. The van der Waals surface area contributed by atoms with Crippen LogP contribution in [-0.2, 0) is 27.8 Å². The van der Waals surface area contributed by atoms with Gasteiger partial charge in [-0.25, -0.2) is 13.4 Å². The molecule has 1 fully saturated rings. The number of sulfonamides is 1. The second-order valence-corrected chi connectivity index (χ2v) is 9.54. The van der Waals surface area contributed by atoms with Gasteiger partial charge in [0.25, 0.3) is 0 Å². The molecule has 1 saturated heterocycles. The van der Waals surface area contributed by atoms with Crippen molar-refractivity contribution in [1.29, 1.82) is 0 Å². The number of rotatable bonds is 4. The molecule has 3 heterocycles. The van der Waals surface area contributed by atoms with Gasteiger partial charge in [0.2, 0.25) is 15.9 Å². The summed E-state index contributed by atoms with van der Waals surface area (Å²) < 4.78 is 27.8. The Balaban J connectivity index is 1.48. The van der Waals surface area contributed by atoms with Gasteiger partial charge in [0.05, 0.1) is 16.1 Å². The molecular formula is C18H22N4O3S2. The third-order valence-corrected chi connectivity index (χ3v) is 7.56. The fourth-order valence-corrected chi connectivity index (χ4v) is 5.63. The Bertz CT molecular complexity index is 928. The van der Waals surface area contributed by atoms with E-state index in [0.717, 1.165) is 36.5 Å². The van der Waals surface area contributed by atoms with Gasteiger partial charge in [-0.1, -0.05) is 0 Å². The van der Waals surface area contributed by atoms with Gasteiger partial charge < -0.3 is 5.32 Å². The van der Waals surface area contributed by atoms with Crippen LogP contribution in [0.5, 0.6) is 0 Å². The van der Waals surface area contributed by atoms with Crippen LogP contribution in [0.4, 0.5) is 5.69 Å². The first-order valence-corrected chi connectivity index (χ1v) is 11.4. The largest absolute Gasteiger partial charge is 0.326 e. The highest BCUT2D eigenvalue weighted by Crippen LogP contribution is 2.27. The number of fused-ring (bicyclic) bond motifs is 1. The average Bonchev–Trinajstić information content (AvgIpc) is 3.04. The predicted octanol–water partition coefficient (Wildman–Crippen LogP) is 1.92. The monoisotopic (exact) mass is 406 g/mol. The van der Waals surface area contributed by atoms with Crippen molar-refractivity contribution in [3.05, 3.63) is 40.3 Å². The molecule has 1 aromatic heterocycles. The van der Waals surface area contributed by atoms with Gasteiger partial charge >= 0.3 is 0 Å². The van der Waals surface area contributed by atoms with Crippen molar-refractivity contribution >= 4 is 33.0 Å². The minimum atomic E-state index is -3.54. The molecule has 0 unspecified atom stereocenters. The summed E-state index contributed by atoms with van der Waals surface area (Å²) in [5.41, 5.74) is 4.46. The number of aryl methyl sites for hydroxylation is 1. The van der Waals surface area contributed by atoms with Crippen molar-refractivity contribution < 1.29 is 13.2 Å². The molecule has 0 bridgehead atoms. The van der Waals surface area contributed by atoms with Crippen molar-refractivity contribution in [3.8, 4) is 0 Å². The van der Waals surface area contributed by atoms with Gasteiger partial charge in [-0.15, -0.1) is 11.3 Å². The van der Waals surface area contributed by atoms with Crippen LogP contribution in [0.3, 0.4) is 0 Å². The zero-order valence-electron chi connectivity index (χ0n) is 14.9. The number of amides is 1. The molecule has 0 saturated carbocycles. The van der Waals surface area contributed by atoms with Crippen LogP contribution in [0.25, 0.3) is 0 Å². The lowest BCUT2D eigenvalue weighted by Crippen LogP contribution is -2.35. The smallest absolute Gasteiger partial charge is 0.243 e. The Morgan fingerprint density at radius 1 is 1.15 bits per heavy atom.